The molecule has 1 aliphatic heterocycles. The molecular weight excluding hydrogens is 307 g/mol. The van der Waals surface area contributed by atoms with Crippen molar-refractivity contribution in [2.75, 3.05) is 11.9 Å². The molecule has 2 heterocycles. The molecule has 1 atom stereocenters. The van der Waals surface area contributed by atoms with Gasteiger partial charge in [-0.1, -0.05) is 23.7 Å². The Hall–Kier alpha value is -2.21. The van der Waals surface area contributed by atoms with Crippen molar-refractivity contribution in [1.29, 1.82) is 0 Å². The van der Waals surface area contributed by atoms with Crippen LogP contribution in [-0.2, 0) is 11.3 Å². The molecule has 1 fully saturated rings. The van der Waals surface area contributed by atoms with Crippen molar-refractivity contribution in [1.82, 2.24) is 14.9 Å². The first-order chi connectivity index (χ1) is 10.6. The van der Waals surface area contributed by atoms with E-state index in [9.17, 15) is 9.18 Å². The van der Waals surface area contributed by atoms with Gasteiger partial charge < -0.3 is 10.2 Å². The van der Waals surface area contributed by atoms with Gasteiger partial charge in [-0.05, 0) is 24.1 Å². The molecule has 5 nitrogen and oxygen atoms in total. The Bertz CT molecular complexity index is 605. The number of rotatable bonds is 4. The SMILES string of the molecule is O=C1[C@H](Nc2ncc(Cl)cn2)CCN1Cc1ccc(F)cc1. The van der Waals surface area contributed by atoms with E-state index >= 15 is 0 Å². The normalized spacial score (nSPS) is 17.8. The third kappa shape index (κ3) is 3.33. The minimum absolute atomic E-state index is 0.0112. The lowest BCUT2D eigenvalue weighted by molar-refractivity contribution is -0.128. The second-order valence-electron chi connectivity index (χ2n) is 5.10. The fourth-order valence-electron chi connectivity index (χ4n) is 2.38. The molecule has 1 aromatic heterocycles. The summed E-state index contributed by atoms with van der Waals surface area (Å²) in [6.07, 6.45) is 3.63. The summed E-state index contributed by atoms with van der Waals surface area (Å²) < 4.78 is 12.9. The predicted molar refractivity (Wildman–Crippen MR) is 80.9 cm³/mol. The van der Waals surface area contributed by atoms with Crippen LogP contribution in [0.3, 0.4) is 0 Å². The van der Waals surface area contributed by atoms with Crippen molar-refractivity contribution in [3.8, 4) is 0 Å². The van der Waals surface area contributed by atoms with E-state index in [1.54, 1.807) is 17.0 Å². The molecule has 0 bridgehead atoms. The van der Waals surface area contributed by atoms with E-state index in [2.05, 4.69) is 15.3 Å². The number of aromatic nitrogens is 2. The predicted octanol–water partition coefficient (Wildman–Crippen LogP) is 2.48. The second-order valence-corrected chi connectivity index (χ2v) is 5.53. The number of hydrogen-bond acceptors (Lipinski definition) is 4. The van der Waals surface area contributed by atoms with Crippen LogP contribution in [0.25, 0.3) is 0 Å². The number of benzene rings is 1. The molecule has 1 amide bonds. The molecule has 7 heteroatoms. The quantitative estimate of drug-likeness (QED) is 0.940. The molecule has 0 spiro atoms. The van der Waals surface area contributed by atoms with Gasteiger partial charge in [0.15, 0.2) is 0 Å². The van der Waals surface area contributed by atoms with E-state index in [4.69, 9.17) is 11.6 Å². The highest BCUT2D eigenvalue weighted by Gasteiger charge is 2.31. The Kier molecular flexibility index (Phi) is 4.20. The molecule has 0 unspecified atom stereocenters. The van der Waals surface area contributed by atoms with Gasteiger partial charge >= 0.3 is 0 Å². The van der Waals surface area contributed by atoms with Crippen LogP contribution in [0.2, 0.25) is 5.02 Å². The van der Waals surface area contributed by atoms with Crippen LogP contribution in [0, 0.1) is 5.82 Å². The average molecular weight is 321 g/mol. The number of nitrogens with one attached hydrogen (secondary N) is 1. The molecule has 0 radical (unpaired) electrons. The van der Waals surface area contributed by atoms with E-state index in [-0.39, 0.29) is 17.8 Å². The summed E-state index contributed by atoms with van der Waals surface area (Å²) in [5.74, 6) is 0.0881. The summed E-state index contributed by atoms with van der Waals surface area (Å²) in [6.45, 7) is 1.11. The highest BCUT2D eigenvalue weighted by molar-refractivity contribution is 6.30. The van der Waals surface area contributed by atoms with Gasteiger partial charge in [0.25, 0.3) is 0 Å². The van der Waals surface area contributed by atoms with Gasteiger partial charge in [0.05, 0.1) is 17.4 Å². The first kappa shape index (κ1) is 14.7. The highest BCUT2D eigenvalue weighted by atomic mass is 35.5. The van der Waals surface area contributed by atoms with Gasteiger partial charge in [0.1, 0.15) is 11.9 Å². The van der Waals surface area contributed by atoms with Crippen LogP contribution in [0.1, 0.15) is 12.0 Å². The Morgan fingerprint density at radius 3 is 2.64 bits per heavy atom. The summed E-state index contributed by atoms with van der Waals surface area (Å²) in [4.78, 5) is 22.1. The molecule has 22 heavy (non-hydrogen) atoms. The number of carbonyl (C=O) groups excluding carboxylic acids is 1. The molecular formula is C15H14ClFN4O. The molecule has 3 rings (SSSR count). The van der Waals surface area contributed by atoms with E-state index in [1.165, 1.54) is 24.5 Å². The lowest BCUT2D eigenvalue weighted by Crippen LogP contribution is -2.33. The maximum Gasteiger partial charge on any atom is 0.245 e. The summed E-state index contributed by atoms with van der Waals surface area (Å²) in [5.41, 5.74) is 0.901. The molecule has 2 aromatic rings. The van der Waals surface area contributed by atoms with Crippen molar-refractivity contribution in [2.45, 2.75) is 19.0 Å². The lowest BCUT2D eigenvalue weighted by atomic mass is 10.2. The van der Waals surface area contributed by atoms with E-state index in [0.29, 0.717) is 30.5 Å². The van der Waals surface area contributed by atoms with Crippen LogP contribution in [-0.4, -0.2) is 33.4 Å². The fourth-order valence-corrected chi connectivity index (χ4v) is 2.48. The maximum atomic E-state index is 12.9. The van der Waals surface area contributed by atoms with Crippen LogP contribution < -0.4 is 5.32 Å². The summed E-state index contributed by atoms with van der Waals surface area (Å²) in [6, 6.07) is 5.82. The fraction of sp³-hybridized carbons (Fsp3) is 0.267. The molecule has 1 aliphatic rings. The number of nitrogens with zero attached hydrogens (tertiary/aromatic N) is 3. The summed E-state index contributed by atoms with van der Waals surface area (Å²) in [5, 5.41) is 3.46. The largest absolute Gasteiger partial charge is 0.342 e. The lowest BCUT2D eigenvalue weighted by Gasteiger charge is -2.17. The number of amides is 1. The van der Waals surface area contributed by atoms with Crippen LogP contribution in [0.15, 0.2) is 36.7 Å². The van der Waals surface area contributed by atoms with Gasteiger partial charge in [-0.2, -0.15) is 0 Å². The molecule has 0 saturated carbocycles. The molecule has 114 valence electrons. The standard InChI is InChI=1S/C15H14ClFN4O/c16-11-7-18-15(19-8-11)20-13-5-6-21(14(13)22)9-10-1-3-12(17)4-2-10/h1-4,7-8,13H,5-6,9H2,(H,18,19,20)/t13-/m1/s1. The molecule has 0 aliphatic carbocycles. The van der Waals surface area contributed by atoms with Crippen molar-refractivity contribution >= 4 is 23.5 Å². The van der Waals surface area contributed by atoms with Crippen LogP contribution in [0.4, 0.5) is 10.3 Å². The number of likely N-dealkylation sites (tertiary alicyclic amines) is 1. The highest BCUT2D eigenvalue weighted by Crippen LogP contribution is 2.18. The third-order valence-corrected chi connectivity index (χ3v) is 3.70. The molecule has 1 N–H and O–H groups in total. The van der Waals surface area contributed by atoms with Gasteiger partial charge in [-0.15, -0.1) is 0 Å². The van der Waals surface area contributed by atoms with Crippen molar-refractivity contribution in [3.05, 3.63) is 53.1 Å². The Labute approximate surface area is 132 Å². The minimum Gasteiger partial charge on any atom is -0.342 e. The zero-order valence-electron chi connectivity index (χ0n) is 11.7. The summed E-state index contributed by atoms with van der Waals surface area (Å²) >= 11 is 5.73. The number of anilines is 1. The molecule has 1 saturated heterocycles. The van der Waals surface area contributed by atoms with Crippen molar-refractivity contribution in [2.24, 2.45) is 0 Å². The zero-order chi connectivity index (χ0) is 15.5. The Morgan fingerprint density at radius 2 is 1.95 bits per heavy atom. The van der Waals surface area contributed by atoms with Gasteiger partial charge in [0, 0.05) is 13.1 Å². The first-order valence-electron chi connectivity index (χ1n) is 6.89. The topological polar surface area (TPSA) is 58.1 Å². The summed E-state index contributed by atoms with van der Waals surface area (Å²) in [7, 11) is 0. The Morgan fingerprint density at radius 1 is 1.27 bits per heavy atom. The van der Waals surface area contributed by atoms with Crippen molar-refractivity contribution < 1.29 is 9.18 Å². The molecule has 1 aromatic carbocycles. The minimum atomic E-state index is -0.346. The number of carbonyl (C=O) groups is 1. The van der Waals surface area contributed by atoms with Crippen molar-refractivity contribution in [3.63, 3.8) is 0 Å². The first-order valence-corrected chi connectivity index (χ1v) is 7.27. The third-order valence-electron chi connectivity index (χ3n) is 3.51. The average Bonchev–Trinajstić information content (AvgIpc) is 2.85. The number of hydrogen-bond donors (Lipinski definition) is 1. The van der Waals surface area contributed by atoms with Crippen LogP contribution in [0.5, 0.6) is 0 Å². The zero-order valence-corrected chi connectivity index (χ0v) is 12.4. The van der Waals surface area contributed by atoms with Gasteiger partial charge in [-0.3, -0.25) is 4.79 Å². The smallest absolute Gasteiger partial charge is 0.245 e. The van der Waals surface area contributed by atoms with E-state index in [0.717, 1.165) is 5.56 Å². The van der Waals surface area contributed by atoms with E-state index in [1.807, 2.05) is 0 Å². The second kappa shape index (κ2) is 6.27. The number of halogens is 2. The monoisotopic (exact) mass is 320 g/mol. The van der Waals surface area contributed by atoms with Gasteiger partial charge in [0.2, 0.25) is 11.9 Å². The van der Waals surface area contributed by atoms with Gasteiger partial charge in [-0.25, -0.2) is 14.4 Å². The Balaban J connectivity index is 1.62. The van der Waals surface area contributed by atoms with Crippen LogP contribution >= 0.6 is 11.6 Å². The van der Waals surface area contributed by atoms with E-state index < -0.39 is 0 Å². The maximum absolute atomic E-state index is 12.9.